The molecule has 0 aliphatic carbocycles. The number of benzene rings is 1. The smallest absolute Gasteiger partial charge is 0.217 e. The summed E-state index contributed by atoms with van der Waals surface area (Å²) < 4.78 is 12.0. The van der Waals surface area contributed by atoms with Crippen LogP contribution in [0.2, 0.25) is 0 Å². The molecule has 1 aliphatic heterocycles. The largest absolute Gasteiger partial charge is 0.475 e. The summed E-state index contributed by atoms with van der Waals surface area (Å²) >= 11 is 2.29. The molecule has 1 aromatic carbocycles. The second-order valence-corrected chi connectivity index (χ2v) is 4.90. The number of hydrogen-bond acceptors (Lipinski definition) is 3. The van der Waals surface area contributed by atoms with E-state index in [4.69, 9.17) is 9.47 Å². The topological polar surface area (TPSA) is 30.8 Å². The van der Waals surface area contributed by atoms with Crippen molar-refractivity contribution in [3.63, 3.8) is 0 Å². The molecular weight excluding hydrogens is 317 g/mol. The average molecular weight is 331 g/mol. The van der Waals surface area contributed by atoms with Crippen molar-refractivity contribution in [2.75, 3.05) is 13.7 Å². The first-order valence-corrected chi connectivity index (χ1v) is 6.28. The van der Waals surface area contributed by atoms with Crippen LogP contribution in [0.15, 0.2) is 29.3 Å². The van der Waals surface area contributed by atoms with Gasteiger partial charge in [-0.2, -0.15) is 0 Å². The summed E-state index contributed by atoms with van der Waals surface area (Å²) in [6, 6.07) is 8.19. The maximum atomic E-state index is 5.62. The lowest BCUT2D eigenvalue weighted by molar-refractivity contribution is 0.0865. The van der Waals surface area contributed by atoms with Crippen molar-refractivity contribution in [2.24, 2.45) is 4.99 Å². The number of nitrogens with zero attached hydrogens (tertiary/aromatic N) is 1. The first kappa shape index (κ1) is 11.9. The predicted molar refractivity (Wildman–Crippen MR) is 71.9 cm³/mol. The Morgan fingerprint density at radius 1 is 1.50 bits per heavy atom. The monoisotopic (exact) mass is 331 g/mol. The summed E-state index contributed by atoms with van der Waals surface area (Å²) in [7, 11) is 1.70. The molecule has 0 saturated heterocycles. The Balaban J connectivity index is 2.21. The van der Waals surface area contributed by atoms with E-state index in [0.717, 1.165) is 15.0 Å². The van der Waals surface area contributed by atoms with Crippen LogP contribution in [-0.4, -0.2) is 31.8 Å². The van der Waals surface area contributed by atoms with Crippen LogP contribution in [0.4, 0.5) is 0 Å². The zero-order valence-electron chi connectivity index (χ0n) is 9.31. The molecule has 2 atom stereocenters. The van der Waals surface area contributed by atoms with Gasteiger partial charge in [0.1, 0.15) is 12.6 Å². The lowest BCUT2D eigenvalue weighted by atomic mass is 10.2. The summed E-state index contributed by atoms with van der Waals surface area (Å²) in [4.78, 5) is 4.55. The molecule has 0 fully saturated rings. The average Bonchev–Trinajstić information content (AvgIpc) is 2.78. The van der Waals surface area contributed by atoms with Gasteiger partial charge in [0.2, 0.25) is 5.90 Å². The van der Waals surface area contributed by atoms with Gasteiger partial charge in [-0.3, -0.25) is 0 Å². The van der Waals surface area contributed by atoms with Gasteiger partial charge in [-0.15, -0.1) is 0 Å². The second-order valence-electron chi connectivity index (χ2n) is 3.73. The molecule has 0 radical (unpaired) electrons. The van der Waals surface area contributed by atoms with E-state index in [1.807, 2.05) is 25.1 Å². The van der Waals surface area contributed by atoms with E-state index in [2.05, 4.69) is 33.6 Å². The van der Waals surface area contributed by atoms with Gasteiger partial charge in [-0.1, -0.05) is 12.1 Å². The quantitative estimate of drug-likeness (QED) is 0.797. The molecule has 4 heteroatoms. The van der Waals surface area contributed by atoms with Gasteiger partial charge in [0.05, 0.1) is 6.10 Å². The third kappa shape index (κ3) is 2.38. The van der Waals surface area contributed by atoms with Crippen molar-refractivity contribution in [1.29, 1.82) is 0 Å². The van der Waals surface area contributed by atoms with E-state index < -0.39 is 0 Å². The van der Waals surface area contributed by atoms with Crippen molar-refractivity contribution in [2.45, 2.75) is 19.1 Å². The van der Waals surface area contributed by atoms with Crippen LogP contribution in [0.1, 0.15) is 12.5 Å². The van der Waals surface area contributed by atoms with Crippen molar-refractivity contribution in [3.8, 4) is 0 Å². The normalized spacial score (nSPS) is 21.4. The zero-order valence-corrected chi connectivity index (χ0v) is 11.5. The van der Waals surface area contributed by atoms with Gasteiger partial charge in [-0.25, -0.2) is 4.99 Å². The highest BCUT2D eigenvalue weighted by Gasteiger charge is 2.25. The summed E-state index contributed by atoms with van der Waals surface area (Å²) in [5.74, 6) is 0.735. The van der Waals surface area contributed by atoms with E-state index >= 15 is 0 Å². The molecule has 0 aromatic heterocycles. The van der Waals surface area contributed by atoms with E-state index in [9.17, 15) is 0 Å². The van der Waals surface area contributed by atoms with E-state index in [-0.39, 0.29) is 12.1 Å². The lowest BCUT2D eigenvalue weighted by Gasteiger charge is -2.11. The maximum Gasteiger partial charge on any atom is 0.217 e. The molecule has 0 bridgehead atoms. The molecule has 1 aliphatic rings. The number of aliphatic imine (C=N–C) groups is 1. The number of rotatable bonds is 3. The Bertz CT molecular complexity index is 406. The first-order valence-electron chi connectivity index (χ1n) is 5.20. The Labute approximate surface area is 109 Å². The lowest BCUT2D eigenvalue weighted by Crippen LogP contribution is -2.24. The Kier molecular flexibility index (Phi) is 3.81. The molecule has 0 spiro atoms. The molecule has 1 aromatic rings. The molecule has 1 heterocycles. The predicted octanol–water partition coefficient (Wildman–Crippen LogP) is 2.47. The molecule has 0 saturated carbocycles. The highest BCUT2D eigenvalue weighted by molar-refractivity contribution is 14.1. The molecule has 86 valence electrons. The summed E-state index contributed by atoms with van der Waals surface area (Å²) in [6.45, 7) is 2.62. The van der Waals surface area contributed by atoms with Crippen LogP contribution in [-0.2, 0) is 9.47 Å². The van der Waals surface area contributed by atoms with Gasteiger partial charge in [0, 0.05) is 16.2 Å². The van der Waals surface area contributed by atoms with Crippen LogP contribution in [0.5, 0.6) is 0 Å². The summed E-state index contributed by atoms with van der Waals surface area (Å²) in [5, 5.41) is 0. The fourth-order valence-corrected chi connectivity index (χ4v) is 2.19. The third-order valence-corrected chi connectivity index (χ3v) is 3.63. The fourth-order valence-electron chi connectivity index (χ4n) is 1.57. The fraction of sp³-hybridized carbons (Fsp3) is 0.417. The van der Waals surface area contributed by atoms with Crippen LogP contribution >= 0.6 is 22.6 Å². The molecule has 0 unspecified atom stereocenters. The van der Waals surface area contributed by atoms with E-state index in [0.29, 0.717) is 6.61 Å². The minimum atomic E-state index is 0.0962. The third-order valence-electron chi connectivity index (χ3n) is 2.69. The van der Waals surface area contributed by atoms with Crippen molar-refractivity contribution in [3.05, 3.63) is 33.4 Å². The minimum Gasteiger partial charge on any atom is -0.475 e. The van der Waals surface area contributed by atoms with Gasteiger partial charge in [0.25, 0.3) is 0 Å². The van der Waals surface area contributed by atoms with Gasteiger partial charge in [0.15, 0.2) is 0 Å². The molecule has 3 nitrogen and oxygen atoms in total. The molecule has 0 amide bonds. The highest BCUT2D eigenvalue weighted by atomic mass is 127. The maximum absolute atomic E-state index is 5.62. The second kappa shape index (κ2) is 5.14. The summed E-state index contributed by atoms with van der Waals surface area (Å²) in [6.07, 6.45) is 0.0962. The van der Waals surface area contributed by atoms with Crippen LogP contribution in [0.25, 0.3) is 0 Å². The molecule has 16 heavy (non-hydrogen) atoms. The van der Waals surface area contributed by atoms with Gasteiger partial charge in [-0.05, 0) is 41.6 Å². The van der Waals surface area contributed by atoms with Crippen LogP contribution < -0.4 is 0 Å². The number of methoxy groups -OCH3 is 1. The van der Waals surface area contributed by atoms with Crippen LogP contribution in [0, 0.1) is 3.57 Å². The number of hydrogen-bond donors (Lipinski definition) is 0. The van der Waals surface area contributed by atoms with Gasteiger partial charge >= 0.3 is 0 Å². The Morgan fingerprint density at radius 2 is 2.25 bits per heavy atom. The Hall–Kier alpha value is -0.620. The highest BCUT2D eigenvalue weighted by Crippen LogP contribution is 2.19. The van der Waals surface area contributed by atoms with Gasteiger partial charge < -0.3 is 9.47 Å². The van der Waals surface area contributed by atoms with Crippen molar-refractivity contribution >= 4 is 28.5 Å². The van der Waals surface area contributed by atoms with E-state index in [1.54, 1.807) is 7.11 Å². The minimum absolute atomic E-state index is 0.0962. The summed E-state index contributed by atoms with van der Waals surface area (Å²) in [5.41, 5.74) is 1.06. The van der Waals surface area contributed by atoms with E-state index in [1.165, 1.54) is 0 Å². The Morgan fingerprint density at radius 3 is 2.94 bits per heavy atom. The molecule has 0 N–H and O–H groups in total. The SMILES string of the molecule is CO[C@H](C)[C@H]1COC(c2ccccc2I)=N1. The number of halogens is 1. The molecule has 2 rings (SSSR count). The standard InChI is InChI=1S/C12H14INO2/c1-8(15-2)11-7-16-12(14-11)9-5-3-4-6-10(9)13/h3-6,8,11H,7H2,1-2H3/t8-,11-/m1/s1. The zero-order chi connectivity index (χ0) is 11.5. The molecular formula is C12H14INO2. The first-order chi connectivity index (χ1) is 7.72. The number of ether oxygens (including phenoxy) is 2. The van der Waals surface area contributed by atoms with Crippen molar-refractivity contribution < 1.29 is 9.47 Å². The van der Waals surface area contributed by atoms with Crippen LogP contribution in [0.3, 0.4) is 0 Å². The van der Waals surface area contributed by atoms with Crippen molar-refractivity contribution in [1.82, 2.24) is 0 Å².